The van der Waals surface area contributed by atoms with Gasteiger partial charge in [0.05, 0.1) is 6.42 Å². The summed E-state index contributed by atoms with van der Waals surface area (Å²) in [6.07, 6.45) is 1.39. The standard InChI is InChI=1S/C15H18N2OS/c1-2-13-7-8-14(19-13)10-17-12-5-3-11(4-6-12)9-15(16)18/h3-8,17H,2,9-10H2,1H3,(H2,16,18). The van der Waals surface area contributed by atoms with Gasteiger partial charge in [-0.05, 0) is 36.2 Å². The molecule has 0 aliphatic rings. The van der Waals surface area contributed by atoms with Crippen LogP contribution >= 0.6 is 11.3 Å². The van der Waals surface area contributed by atoms with Gasteiger partial charge in [0.15, 0.2) is 0 Å². The smallest absolute Gasteiger partial charge is 0.221 e. The Labute approximate surface area is 117 Å². The Bertz CT molecular complexity index is 546. The highest BCUT2D eigenvalue weighted by Gasteiger charge is 2.00. The second-order valence-corrected chi connectivity index (χ2v) is 5.67. The number of amides is 1. The highest BCUT2D eigenvalue weighted by atomic mass is 32.1. The molecular weight excluding hydrogens is 256 g/mol. The van der Waals surface area contributed by atoms with Crippen molar-refractivity contribution in [3.63, 3.8) is 0 Å². The molecule has 2 rings (SSSR count). The van der Waals surface area contributed by atoms with E-state index in [1.165, 1.54) is 9.75 Å². The molecule has 3 N–H and O–H groups in total. The van der Waals surface area contributed by atoms with Crippen LogP contribution in [-0.2, 0) is 24.2 Å². The van der Waals surface area contributed by atoms with Crippen molar-refractivity contribution in [1.82, 2.24) is 0 Å². The van der Waals surface area contributed by atoms with E-state index in [9.17, 15) is 4.79 Å². The van der Waals surface area contributed by atoms with Gasteiger partial charge in [-0.25, -0.2) is 0 Å². The number of primary amides is 1. The van der Waals surface area contributed by atoms with Gasteiger partial charge in [0.1, 0.15) is 0 Å². The fourth-order valence-corrected chi connectivity index (χ4v) is 2.74. The lowest BCUT2D eigenvalue weighted by Crippen LogP contribution is -2.13. The van der Waals surface area contributed by atoms with E-state index in [4.69, 9.17) is 5.73 Å². The molecule has 3 nitrogen and oxygen atoms in total. The number of nitrogens with two attached hydrogens (primary N) is 1. The SMILES string of the molecule is CCc1ccc(CNc2ccc(CC(N)=O)cc2)s1. The van der Waals surface area contributed by atoms with Crippen LogP contribution in [0.5, 0.6) is 0 Å². The number of hydrogen-bond acceptors (Lipinski definition) is 3. The van der Waals surface area contributed by atoms with Gasteiger partial charge >= 0.3 is 0 Å². The first kappa shape index (κ1) is 13.6. The Hall–Kier alpha value is -1.81. The number of benzene rings is 1. The molecule has 0 saturated heterocycles. The van der Waals surface area contributed by atoms with Crippen molar-refractivity contribution in [2.45, 2.75) is 26.3 Å². The van der Waals surface area contributed by atoms with Gasteiger partial charge in [0.2, 0.25) is 5.91 Å². The number of aryl methyl sites for hydroxylation is 1. The number of nitrogens with one attached hydrogen (secondary N) is 1. The largest absolute Gasteiger partial charge is 0.380 e. The van der Waals surface area contributed by atoms with Crippen LogP contribution in [0, 0.1) is 0 Å². The lowest BCUT2D eigenvalue weighted by molar-refractivity contribution is -0.117. The van der Waals surface area contributed by atoms with E-state index in [-0.39, 0.29) is 5.91 Å². The first-order chi connectivity index (χ1) is 9.17. The van der Waals surface area contributed by atoms with Crippen LogP contribution in [-0.4, -0.2) is 5.91 Å². The van der Waals surface area contributed by atoms with Crippen LogP contribution in [0.4, 0.5) is 5.69 Å². The van der Waals surface area contributed by atoms with Crippen molar-refractivity contribution in [3.8, 4) is 0 Å². The Morgan fingerprint density at radius 3 is 2.42 bits per heavy atom. The molecule has 1 amide bonds. The average molecular weight is 274 g/mol. The van der Waals surface area contributed by atoms with Crippen molar-refractivity contribution in [1.29, 1.82) is 0 Å². The quantitative estimate of drug-likeness (QED) is 0.851. The summed E-state index contributed by atoms with van der Waals surface area (Å²) in [6, 6.07) is 12.2. The molecule has 0 radical (unpaired) electrons. The van der Waals surface area contributed by atoms with Crippen molar-refractivity contribution in [3.05, 3.63) is 51.7 Å². The average Bonchev–Trinajstić information content (AvgIpc) is 2.85. The third-order valence-electron chi connectivity index (χ3n) is 2.86. The molecule has 2 aromatic rings. The molecular formula is C15H18N2OS. The molecule has 100 valence electrons. The van der Waals surface area contributed by atoms with Crippen molar-refractivity contribution in [2.24, 2.45) is 5.73 Å². The highest BCUT2D eigenvalue weighted by molar-refractivity contribution is 7.12. The predicted molar refractivity (Wildman–Crippen MR) is 80.4 cm³/mol. The Kier molecular flexibility index (Phi) is 4.58. The number of thiophene rings is 1. The van der Waals surface area contributed by atoms with Gasteiger partial charge in [0.25, 0.3) is 0 Å². The summed E-state index contributed by atoms with van der Waals surface area (Å²) >= 11 is 1.84. The van der Waals surface area contributed by atoms with Crippen LogP contribution in [0.3, 0.4) is 0 Å². The van der Waals surface area contributed by atoms with Crippen LogP contribution < -0.4 is 11.1 Å². The van der Waals surface area contributed by atoms with Crippen molar-refractivity contribution >= 4 is 22.9 Å². The number of hydrogen-bond donors (Lipinski definition) is 2. The minimum Gasteiger partial charge on any atom is -0.380 e. The van der Waals surface area contributed by atoms with Gasteiger partial charge in [-0.1, -0.05) is 19.1 Å². The van der Waals surface area contributed by atoms with E-state index in [0.717, 1.165) is 24.2 Å². The van der Waals surface area contributed by atoms with Crippen molar-refractivity contribution < 1.29 is 4.79 Å². The summed E-state index contributed by atoms with van der Waals surface area (Å²) in [5.41, 5.74) is 7.16. The summed E-state index contributed by atoms with van der Waals surface area (Å²) in [5.74, 6) is -0.300. The number of anilines is 1. The number of rotatable bonds is 6. The van der Waals surface area contributed by atoms with E-state index in [2.05, 4.69) is 24.4 Å². The van der Waals surface area contributed by atoms with Gasteiger partial charge in [-0.2, -0.15) is 0 Å². The molecule has 0 atom stereocenters. The summed E-state index contributed by atoms with van der Waals surface area (Å²) < 4.78 is 0. The van der Waals surface area contributed by atoms with Crippen LogP contribution in [0.2, 0.25) is 0 Å². The van der Waals surface area contributed by atoms with Gasteiger partial charge in [-0.3, -0.25) is 4.79 Å². The van der Waals surface area contributed by atoms with Crippen LogP contribution in [0.1, 0.15) is 22.2 Å². The second-order valence-electron chi connectivity index (χ2n) is 4.42. The van der Waals surface area contributed by atoms with Gasteiger partial charge in [0, 0.05) is 22.0 Å². The monoisotopic (exact) mass is 274 g/mol. The van der Waals surface area contributed by atoms with Crippen molar-refractivity contribution in [2.75, 3.05) is 5.32 Å². The first-order valence-electron chi connectivity index (χ1n) is 6.36. The Morgan fingerprint density at radius 1 is 1.16 bits per heavy atom. The normalized spacial score (nSPS) is 10.4. The van der Waals surface area contributed by atoms with Crippen LogP contribution in [0.25, 0.3) is 0 Å². The molecule has 1 aromatic carbocycles. The lowest BCUT2D eigenvalue weighted by atomic mass is 10.1. The zero-order valence-electron chi connectivity index (χ0n) is 11.0. The molecule has 0 aliphatic carbocycles. The lowest BCUT2D eigenvalue weighted by Gasteiger charge is -2.05. The molecule has 0 bridgehead atoms. The molecule has 0 spiro atoms. The Morgan fingerprint density at radius 2 is 1.84 bits per heavy atom. The zero-order valence-corrected chi connectivity index (χ0v) is 11.8. The summed E-state index contributed by atoms with van der Waals surface area (Å²) in [5, 5.41) is 3.37. The third kappa shape index (κ3) is 4.10. The first-order valence-corrected chi connectivity index (χ1v) is 7.17. The summed E-state index contributed by atoms with van der Waals surface area (Å²) in [7, 11) is 0. The van der Waals surface area contributed by atoms with E-state index in [0.29, 0.717) is 6.42 Å². The molecule has 19 heavy (non-hydrogen) atoms. The maximum Gasteiger partial charge on any atom is 0.221 e. The summed E-state index contributed by atoms with van der Waals surface area (Å²) in [6.45, 7) is 3.00. The second kappa shape index (κ2) is 6.38. The maximum atomic E-state index is 10.8. The highest BCUT2D eigenvalue weighted by Crippen LogP contribution is 2.18. The molecule has 0 saturated carbocycles. The Balaban J connectivity index is 1.90. The predicted octanol–water partition coefficient (Wildman–Crippen LogP) is 2.95. The minimum atomic E-state index is -0.300. The van der Waals surface area contributed by atoms with E-state index in [1.54, 1.807) is 0 Å². The zero-order chi connectivity index (χ0) is 13.7. The van der Waals surface area contributed by atoms with E-state index in [1.807, 2.05) is 35.6 Å². The fourth-order valence-electron chi connectivity index (χ4n) is 1.84. The van der Waals surface area contributed by atoms with Crippen LogP contribution in [0.15, 0.2) is 36.4 Å². The van der Waals surface area contributed by atoms with Gasteiger partial charge < -0.3 is 11.1 Å². The summed E-state index contributed by atoms with van der Waals surface area (Å²) in [4.78, 5) is 13.5. The fraction of sp³-hybridized carbons (Fsp3) is 0.267. The number of carbonyl (C=O) groups excluding carboxylic acids is 1. The van der Waals surface area contributed by atoms with E-state index >= 15 is 0 Å². The number of carbonyl (C=O) groups is 1. The molecule has 0 fully saturated rings. The topological polar surface area (TPSA) is 55.1 Å². The molecule has 1 heterocycles. The molecule has 1 aromatic heterocycles. The van der Waals surface area contributed by atoms with Gasteiger partial charge in [-0.15, -0.1) is 11.3 Å². The maximum absolute atomic E-state index is 10.8. The minimum absolute atomic E-state index is 0.297. The molecule has 0 aliphatic heterocycles. The third-order valence-corrected chi connectivity index (χ3v) is 4.09. The van der Waals surface area contributed by atoms with E-state index < -0.39 is 0 Å². The molecule has 0 unspecified atom stereocenters. The molecule has 4 heteroatoms.